The maximum Gasteiger partial charge on any atom is 0.220 e. The molecule has 1 aromatic carbocycles. The van der Waals surface area contributed by atoms with Gasteiger partial charge in [-0.05, 0) is 31.0 Å². The number of anilines is 1. The molecule has 0 aliphatic heterocycles. The highest BCUT2D eigenvalue weighted by Gasteiger charge is 2.02. The van der Waals surface area contributed by atoms with Gasteiger partial charge in [-0.3, -0.25) is 9.59 Å². The van der Waals surface area contributed by atoms with Crippen LogP contribution in [0.5, 0.6) is 0 Å². The minimum Gasteiger partial charge on any atom is -0.399 e. The van der Waals surface area contributed by atoms with Crippen LogP contribution in [-0.4, -0.2) is 18.2 Å². The molecular formula is C13H18N2O2. The van der Waals surface area contributed by atoms with E-state index < -0.39 is 0 Å². The maximum absolute atomic E-state index is 11.4. The van der Waals surface area contributed by atoms with Gasteiger partial charge in [0.2, 0.25) is 5.91 Å². The third kappa shape index (κ3) is 5.70. The van der Waals surface area contributed by atoms with Gasteiger partial charge in [0.05, 0.1) is 0 Å². The number of nitrogens with one attached hydrogen (secondary N) is 1. The quantitative estimate of drug-likeness (QED) is 0.729. The third-order valence-corrected chi connectivity index (χ3v) is 2.42. The Morgan fingerprint density at radius 2 is 1.82 bits per heavy atom. The van der Waals surface area contributed by atoms with Gasteiger partial charge in [0, 0.05) is 25.1 Å². The Morgan fingerprint density at radius 1 is 1.18 bits per heavy atom. The number of nitrogens with two attached hydrogens (primary N) is 1. The molecule has 1 aromatic rings. The number of amides is 1. The summed E-state index contributed by atoms with van der Waals surface area (Å²) >= 11 is 0. The number of benzene rings is 1. The molecule has 0 fully saturated rings. The van der Waals surface area contributed by atoms with Gasteiger partial charge in [0.25, 0.3) is 0 Å². The van der Waals surface area contributed by atoms with E-state index >= 15 is 0 Å². The molecule has 0 unspecified atom stereocenters. The van der Waals surface area contributed by atoms with Gasteiger partial charge in [-0.15, -0.1) is 0 Å². The smallest absolute Gasteiger partial charge is 0.220 e. The topological polar surface area (TPSA) is 72.2 Å². The summed E-state index contributed by atoms with van der Waals surface area (Å²) in [6.07, 6.45) is 1.52. The number of carbonyl (C=O) groups excluding carboxylic acids is 2. The van der Waals surface area contributed by atoms with Gasteiger partial charge in [0.15, 0.2) is 0 Å². The zero-order valence-corrected chi connectivity index (χ0v) is 10.0. The highest BCUT2D eigenvalue weighted by atomic mass is 16.1. The third-order valence-electron chi connectivity index (χ3n) is 2.42. The molecule has 0 bridgehead atoms. The molecule has 0 aromatic heterocycles. The Morgan fingerprint density at radius 3 is 2.41 bits per heavy atom. The molecule has 1 amide bonds. The van der Waals surface area contributed by atoms with E-state index in [1.807, 2.05) is 24.3 Å². The van der Waals surface area contributed by atoms with Crippen molar-refractivity contribution in [3.05, 3.63) is 29.8 Å². The summed E-state index contributed by atoms with van der Waals surface area (Å²) in [6, 6.07) is 7.47. The largest absolute Gasteiger partial charge is 0.399 e. The van der Waals surface area contributed by atoms with E-state index in [0.717, 1.165) is 11.3 Å². The number of Topliss-reactive ketones (excluding diaryl/α,β-unsaturated/α-hetero) is 1. The first-order chi connectivity index (χ1) is 8.08. The second-order valence-electron chi connectivity index (χ2n) is 4.04. The minimum atomic E-state index is -0.0249. The molecule has 4 nitrogen and oxygen atoms in total. The van der Waals surface area contributed by atoms with Crippen LogP contribution in [-0.2, 0) is 16.0 Å². The molecular weight excluding hydrogens is 216 g/mol. The Kier molecular flexibility index (Phi) is 5.20. The lowest BCUT2D eigenvalue weighted by Crippen LogP contribution is -2.25. The lowest BCUT2D eigenvalue weighted by Gasteiger charge is -2.04. The van der Waals surface area contributed by atoms with Gasteiger partial charge in [-0.25, -0.2) is 0 Å². The monoisotopic (exact) mass is 234 g/mol. The predicted octanol–water partition coefficient (Wildman–Crippen LogP) is 1.30. The average molecular weight is 234 g/mol. The lowest BCUT2D eigenvalue weighted by atomic mass is 10.1. The van der Waals surface area contributed by atoms with Crippen molar-refractivity contribution in [1.82, 2.24) is 5.32 Å². The maximum atomic E-state index is 11.4. The summed E-state index contributed by atoms with van der Waals surface area (Å²) in [7, 11) is 0. The molecule has 0 saturated carbocycles. The number of carbonyl (C=O) groups is 2. The predicted molar refractivity (Wildman–Crippen MR) is 67.5 cm³/mol. The van der Waals surface area contributed by atoms with E-state index in [0.29, 0.717) is 25.8 Å². The average Bonchev–Trinajstić information content (AvgIpc) is 2.28. The Labute approximate surface area is 101 Å². The normalized spacial score (nSPS) is 9.94. The van der Waals surface area contributed by atoms with Crippen molar-refractivity contribution < 1.29 is 9.59 Å². The number of nitrogen functional groups attached to an aromatic ring is 1. The molecule has 3 N–H and O–H groups in total. The Hall–Kier alpha value is -1.84. The van der Waals surface area contributed by atoms with Gasteiger partial charge in [0.1, 0.15) is 5.78 Å². The number of hydrogen-bond donors (Lipinski definition) is 2. The van der Waals surface area contributed by atoms with Crippen LogP contribution in [0.4, 0.5) is 5.69 Å². The molecule has 0 aliphatic carbocycles. The highest BCUT2D eigenvalue weighted by Crippen LogP contribution is 2.07. The van der Waals surface area contributed by atoms with Crippen LogP contribution in [0.2, 0.25) is 0 Å². The molecule has 0 heterocycles. The van der Waals surface area contributed by atoms with E-state index in [9.17, 15) is 9.59 Å². The van der Waals surface area contributed by atoms with Crippen molar-refractivity contribution in [2.24, 2.45) is 0 Å². The Balaban J connectivity index is 2.23. The van der Waals surface area contributed by atoms with Gasteiger partial charge in [-0.2, -0.15) is 0 Å². The van der Waals surface area contributed by atoms with Crippen LogP contribution in [0.15, 0.2) is 24.3 Å². The van der Waals surface area contributed by atoms with Crippen LogP contribution in [0.25, 0.3) is 0 Å². The van der Waals surface area contributed by atoms with Crippen LogP contribution in [0.3, 0.4) is 0 Å². The van der Waals surface area contributed by atoms with Gasteiger partial charge >= 0.3 is 0 Å². The fourth-order valence-corrected chi connectivity index (χ4v) is 1.41. The number of rotatable bonds is 6. The fraction of sp³-hybridized carbons (Fsp3) is 0.385. The summed E-state index contributed by atoms with van der Waals surface area (Å²) in [5.41, 5.74) is 7.37. The summed E-state index contributed by atoms with van der Waals surface area (Å²) in [5.74, 6) is 0.0620. The van der Waals surface area contributed by atoms with Crippen molar-refractivity contribution in [1.29, 1.82) is 0 Å². The summed E-state index contributed by atoms with van der Waals surface area (Å²) in [6.45, 7) is 1.94. The van der Waals surface area contributed by atoms with Crippen molar-refractivity contribution in [3.63, 3.8) is 0 Å². The van der Waals surface area contributed by atoms with E-state index in [4.69, 9.17) is 5.73 Å². The molecule has 92 valence electrons. The van der Waals surface area contributed by atoms with E-state index in [1.165, 1.54) is 6.92 Å². The summed E-state index contributed by atoms with van der Waals surface area (Å²) in [4.78, 5) is 22.1. The van der Waals surface area contributed by atoms with Crippen LogP contribution >= 0.6 is 0 Å². The van der Waals surface area contributed by atoms with Gasteiger partial charge < -0.3 is 11.1 Å². The number of ketones is 1. The standard InChI is InChI=1S/C13H18N2O2/c1-10(16)8-9-15-13(17)7-4-11-2-5-12(14)6-3-11/h2-3,5-6H,4,7-9,14H2,1H3,(H,15,17). The zero-order chi connectivity index (χ0) is 12.7. The molecule has 17 heavy (non-hydrogen) atoms. The Bertz CT molecular complexity index is 385. The molecule has 4 heteroatoms. The second-order valence-corrected chi connectivity index (χ2v) is 4.04. The van der Waals surface area contributed by atoms with Crippen molar-refractivity contribution in [2.75, 3.05) is 12.3 Å². The van der Waals surface area contributed by atoms with Crippen LogP contribution in [0.1, 0.15) is 25.3 Å². The summed E-state index contributed by atoms with van der Waals surface area (Å²) < 4.78 is 0. The zero-order valence-electron chi connectivity index (χ0n) is 10.0. The van der Waals surface area contributed by atoms with E-state index in [1.54, 1.807) is 0 Å². The molecule has 0 atom stereocenters. The molecule has 0 spiro atoms. The van der Waals surface area contributed by atoms with E-state index in [-0.39, 0.29) is 11.7 Å². The van der Waals surface area contributed by atoms with E-state index in [2.05, 4.69) is 5.32 Å². The number of aryl methyl sites for hydroxylation is 1. The van der Waals surface area contributed by atoms with Gasteiger partial charge in [-0.1, -0.05) is 12.1 Å². The van der Waals surface area contributed by atoms with Crippen molar-refractivity contribution in [3.8, 4) is 0 Å². The molecule has 1 rings (SSSR count). The first-order valence-electron chi connectivity index (χ1n) is 5.68. The highest BCUT2D eigenvalue weighted by molar-refractivity contribution is 5.78. The molecule has 0 radical (unpaired) electrons. The molecule has 0 saturated heterocycles. The van der Waals surface area contributed by atoms with Crippen molar-refractivity contribution in [2.45, 2.75) is 26.2 Å². The first-order valence-corrected chi connectivity index (χ1v) is 5.68. The minimum absolute atomic E-state index is 0.0249. The second kappa shape index (κ2) is 6.68. The first kappa shape index (κ1) is 13.2. The van der Waals surface area contributed by atoms with Crippen LogP contribution < -0.4 is 11.1 Å². The van der Waals surface area contributed by atoms with Crippen molar-refractivity contribution >= 4 is 17.4 Å². The number of hydrogen-bond acceptors (Lipinski definition) is 3. The molecule has 0 aliphatic rings. The fourth-order valence-electron chi connectivity index (χ4n) is 1.41. The SMILES string of the molecule is CC(=O)CCNC(=O)CCc1ccc(N)cc1. The van der Waals surface area contributed by atoms with Crippen LogP contribution in [0, 0.1) is 0 Å². The lowest BCUT2D eigenvalue weighted by molar-refractivity contribution is -0.121. The summed E-state index contributed by atoms with van der Waals surface area (Å²) in [5, 5.41) is 2.71.